The van der Waals surface area contributed by atoms with Crippen LogP contribution in [0.3, 0.4) is 0 Å². The van der Waals surface area contributed by atoms with Gasteiger partial charge in [0.25, 0.3) is 5.91 Å². The molecule has 126 valence electrons. The molecule has 1 fully saturated rings. The first-order valence-electron chi connectivity index (χ1n) is 7.81. The monoisotopic (exact) mass is 328 g/mol. The van der Waals surface area contributed by atoms with Crippen LogP contribution in [-0.4, -0.2) is 56.8 Å². The Bertz CT molecular complexity index is 698. The van der Waals surface area contributed by atoms with Gasteiger partial charge >= 0.3 is 0 Å². The van der Waals surface area contributed by atoms with E-state index < -0.39 is 0 Å². The van der Waals surface area contributed by atoms with Crippen molar-refractivity contribution in [2.75, 3.05) is 26.3 Å². The van der Waals surface area contributed by atoms with Crippen molar-refractivity contribution in [2.45, 2.75) is 6.54 Å². The van der Waals surface area contributed by atoms with Crippen LogP contribution in [0.5, 0.6) is 0 Å². The number of ether oxygens (including phenoxy) is 1. The van der Waals surface area contributed by atoms with Gasteiger partial charge in [0, 0.05) is 37.9 Å². The second-order valence-electron chi connectivity index (χ2n) is 5.22. The molecule has 3 rings (SSSR count). The molecule has 0 bridgehead atoms. The predicted molar refractivity (Wildman–Crippen MR) is 88.8 cm³/mol. The van der Waals surface area contributed by atoms with E-state index in [4.69, 9.17) is 4.74 Å². The fourth-order valence-corrected chi connectivity index (χ4v) is 2.21. The zero-order chi connectivity index (χ0) is 16.6. The highest BCUT2D eigenvalue weighted by atomic mass is 16.5. The fourth-order valence-electron chi connectivity index (χ4n) is 2.21. The number of amides is 1. The second-order valence-corrected chi connectivity index (χ2v) is 5.22. The lowest BCUT2D eigenvalue weighted by Crippen LogP contribution is -2.48. The summed E-state index contributed by atoms with van der Waals surface area (Å²) in [6.07, 6.45) is 12.9. The number of hydrogen-bond donors (Lipinski definition) is 1. The first kappa shape index (κ1) is 16.2. The zero-order valence-electron chi connectivity index (χ0n) is 13.3. The number of carbonyl (C=O) groups excluding carboxylic acids is 1. The minimum atomic E-state index is -0.210. The number of carbonyl (C=O) groups is 1. The molecule has 0 spiro atoms. The smallest absolute Gasteiger partial charge is 0.286 e. The largest absolute Gasteiger partial charge is 0.379 e. The maximum atomic E-state index is 12.1. The summed E-state index contributed by atoms with van der Waals surface area (Å²) < 4.78 is 8.67. The normalized spacial score (nSPS) is 16.2. The van der Waals surface area contributed by atoms with Crippen molar-refractivity contribution in [3.8, 4) is 0 Å². The third-order valence-electron chi connectivity index (χ3n) is 3.45. The number of hydrogen-bond acceptors (Lipinski definition) is 5. The summed E-state index contributed by atoms with van der Waals surface area (Å²) in [5.41, 5.74) is 3.21. The van der Waals surface area contributed by atoms with Gasteiger partial charge in [-0.15, -0.1) is 0 Å². The topological polar surface area (TPSA) is 77.2 Å². The lowest BCUT2D eigenvalue weighted by atomic mass is 10.4. The number of nitrogens with one attached hydrogen (secondary N) is 1. The number of nitrogens with zero attached hydrogens (tertiary/aromatic N) is 5. The second kappa shape index (κ2) is 8.23. The van der Waals surface area contributed by atoms with Gasteiger partial charge in [-0.25, -0.2) is 9.69 Å². The first-order chi connectivity index (χ1) is 11.8. The minimum Gasteiger partial charge on any atom is -0.379 e. The molecule has 1 saturated heterocycles. The Morgan fingerprint density at radius 1 is 1.29 bits per heavy atom. The molecule has 0 unspecified atom stereocenters. The quantitative estimate of drug-likeness (QED) is 0.793. The van der Waals surface area contributed by atoms with Crippen LogP contribution < -0.4 is 5.43 Å². The summed E-state index contributed by atoms with van der Waals surface area (Å²) >= 11 is 0. The van der Waals surface area contributed by atoms with Crippen molar-refractivity contribution < 1.29 is 9.53 Å². The highest BCUT2D eigenvalue weighted by molar-refractivity contribution is 5.91. The number of hydrazine groups is 1. The van der Waals surface area contributed by atoms with E-state index in [9.17, 15) is 4.79 Å². The summed E-state index contributed by atoms with van der Waals surface area (Å²) in [4.78, 5) is 12.1. The minimum absolute atomic E-state index is 0.210. The Kier molecular flexibility index (Phi) is 5.54. The molecular weight excluding hydrogens is 308 g/mol. The van der Waals surface area contributed by atoms with Gasteiger partial charge in [-0.1, -0.05) is 12.2 Å². The van der Waals surface area contributed by atoms with E-state index in [-0.39, 0.29) is 5.91 Å². The van der Waals surface area contributed by atoms with Gasteiger partial charge in [-0.3, -0.25) is 14.9 Å². The molecule has 0 saturated carbocycles. The van der Waals surface area contributed by atoms with Crippen molar-refractivity contribution >= 4 is 12.1 Å². The highest BCUT2D eigenvalue weighted by Crippen LogP contribution is 1.99. The van der Waals surface area contributed by atoms with Crippen LogP contribution in [0, 0.1) is 0 Å². The van der Waals surface area contributed by atoms with E-state index in [1.807, 2.05) is 40.2 Å². The highest BCUT2D eigenvalue weighted by Gasteiger charge is 2.15. The van der Waals surface area contributed by atoms with Crippen LogP contribution in [-0.2, 0) is 11.3 Å². The summed E-state index contributed by atoms with van der Waals surface area (Å²) in [7, 11) is 0. The Hall–Kier alpha value is -2.71. The summed E-state index contributed by atoms with van der Waals surface area (Å²) in [5.74, 6) is -0.210. The van der Waals surface area contributed by atoms with Gasteiger partial charge in [0.05, 0.1) is 19.8 Å². The van der Waals surface area contributed by atoms with Gasteiger partial charge in [0.1, 0.15) is 0 Å². The zero-order valence-corrected chi connectivity index (χ0v) is 13.3. The first-order valence-corrected chi connectivity index (χ1v) is 7.81. The van der Waals surface area contributed by atoms with Crippen LogP contribution in [0.15, 0.2) is 49.0 Å². The van der Waals surface area contributed by atoms with Crippen molar-refractivity contribution in [1.29, 1.82) is 0 Å². The van der Waals surface area contributed by atoms with Crippen molar-refractivity contribution in [2.24, 2.45) is 0 Å². The van der Waals surface area contributed by atoms with Crippen LogP contribution in [0.2, 0.25) is 0 Å². The molecule has 3 heterocycles. The molecule has 2 aromatic rings. The lowest BCUT2D eigenvalue weighted by Gasteiger charge is -2.26. The van der Waals surface area contributed by atoms with Gasteiger partial charge in [0.15, 0.2) is 5.69 Å². The molecule has 0 radical (unpaired) electrons. The molecule has 2 aromatic heterocycles. The van der Waals surface area contributed by atoms with Gasteiger partial charge in [0.2, 0.25) is 0 Å². The molecule has 8 nitrogen and oxygen atoms in total. The van der Waals surface area contributed by atoms with Gasteiger partial charge in [-0.2, -0.15) is 10.2 Å². The van der Waals surface area contributed by atoms with E-state index in [0.29, 0.717) is 38.5 Å². The van der Waals surface area contributed by atoms with Crippen LogP contribution in [0.1, 0.15) is 10.5 Å². The molecule has 24 heavy (non-hydrogen) atoms. The number of morpholine rings is 1. The molecule has 1 N–H and O–H groups in total. The molecule has 1 aliphatic rings. The van der Waals surface area contributed by atoms with E-state index >= 15 is 0 Å². The van der Waals surface area contributed by atoms with Gasteiger partial charge < -0.3 is 4.74 Å². The maximum Gasteiger partial charge on any atom is 0.286 e. The molecule has 0 aliphatic carbocycles. The average Bonchev–Trinajstić information content (AvgIpc) is 3.27. The molecular formula is C16H20N6O2. The van der Waals surface area contributed by atoms with Gasteiger partial charge in [-0.05, 0) is 18.2 Å². The van der Waals surface area contributed by atoms with Crippen LogP contribution in [0.4, 0.5) is 0 Å². The molecule has 0 aromatic carbocycles. The SMILES string of the molecule is O=C(NN1CCOCC1)c1ccn(/C=C/C=C/Cn2cccn2)n1. The maximum absolute atomic E-state index is 12.1. The summed E-state index contributed by atoms with van der Waals surface area (Å²) in [6, 6.07) is 3.57. The van der Waals surface area contributed by atoms with E-state index in [1.165, 1.54) is 0 Å². The van der Waals surface area contributed by atoms with Crippen molar-refractivity contribution in [3.05, 3.63) is 54.6 Å². The Morgan fingerprint density at radius 3 is 2.96 bits per heavy atom. The van der Waals surface area contributed by atoms with Crippen LogP contribution in [0.25, 0.3) is 6.20 Å². The third-order valence-corrected chi connectivity index (χ3v) is 3.45. The number of allylic oxidation sites excluding steroid dienone is 3. The Balaban J connectivity index is 1.48. The molecule has 8 heteroatoms. The fraction of sp³-hybridized carbons (Fsp3) is 0.312. The molecule has 0 atom stereocenters. The van der Waals surface area contributed by atoms with E-state index in [0.717, 1.165) is 0 Å². The van der Waals surface area contributed by atoms with E-state index in [1.54, 1.807) is 29.3 Å². The number of rotatable bonds is 6. The number of aromatic nitrogens is 4. The average molecular weight is 328 g/mol. The standard InChI is InChI=1S/C16H20N6O2/c23-16(19-22-11-13-24-14-12-22)15-5-10-21(18-15)8-3-1-2-7-20-9-4-6-17-20/h1-6,8-10H,7,11-14H2,(H,19,23)/b2-1+,8-3+. The third kappa shape index (κ3) is 4.64. The predicted octanol–water partition coefficient (Wildman–Crippen LogP) is 0.784. The summed E-state index contributed by atoms with van der Waals surface area (Å²) in [6.45, 7) is 3.34. The van der Waals surface area contributed by atoms with Crippen molar-refractivity contribution in [1.82, 2.24) is 30.0 Å². The lowest BCUT2D eigenvalue weighted by molar-refractivity contribution is 0.0124. The molecule has 1 amide bonds. The van der Waals surface area contributed by atoms with E-state index in [2.05, 4.69) is 15.6 Å². The Morgan fingerprint density at radius 2 is 2.17 bits per heavy atom. The summed E-state index contributed by atoms with van der Waals surface area (Å²) in [5, 5.41) is 10.2. The molecule has 1 aliphatic heterocycles. The Labute approximate surface area is 140 Å². The van der Waals surface area contributed by atoms with Crippen LogP contribution >= 0.6 is 0 Å². The van der Waals surface area contributed by atoms with Crippen molar-refractivity contribution in [3.63, 3.8) is 0 Å².